The summed E-state index contributed by atoms with van der Waals surface area (Å²) in [7, 11) is -3.38. The number of anilines is 4. The first kappa shape index (κ1) is 23.7. The first-order valence-corrected chi connectivity index (χ1v) is 11.7. The maximum absolute atomic E-state index is 13.4. The van der Waals surface area contributed by atoms with Crippen molar-refractivity contribution in [2.75, 3.05) is 41.8 Å². The number of benzene rings is 1. The average molecular weight is 472 g/mol. The van der Waals surface area contributed by atoms with Gasteiger partial charge in [0.1, 0.15) is 11.4 Å². The molecule has 0 saturated carbocycles. The minimum Gasteiger partial charge on any atom is -0.369 e. The SMILES string of the molecule is CCN(CCCNc1nc(Nc2cccc3c2NC(=O)C3)ncc1C(F)(F)F)S(C)(=O)=O. The minimum atomic E-state index is -4.68. The van der Waals surface area contributed by atoms with E-state index in [1.54, 1.807) is 25.1 Å². The van der Waals surface area contributed by atoms with Gasteiger partial charge in [-0.25, -0.2) is 17.7 Å². The van der Waals surface area contributed by atoms with Crippen molar-refractivity contribution in [1.29, 1.82) is 0 Å². The summed E-state index contributed by atoms with van der Waals surface area (Å²) < 4.78 is 64.7. The lowest BCUT2D eigenvalue weighted by Gasteiger charge is -2.19. The summed E-state index contributed by atoms with van der Waals surface area (Å²) in [5.41, 5.74) is 0.725. The van der Waals surface area contributed by atoms with Crippen LogP contribution in [0.3, 0.4) is 0 Å². The van der Waals surface area contributed by atoms with Gasteiger partial charge in [-0.15, -0.1) is 0 Å². The number of aromatic nitrogens is 2. The van der Waals surface area contributed by atoms with Crippen molar-refractivity contribution in [3.8, 4) is 0 Å². The molecule has 0 fully saturated rings. The Labute approximate surface area is 183 Å². The lowest BCUT2D eigenvalue weighted by molar-refractivity contribution is -0.137. The number of nitrogens with zero attached hydrogens (tertiary/aromatic N) is 3. The molecule has 0 saturated heterocycles. The third-order valence-corrected chi connectivity index (χ3v) is 6.18. The number of nitrogens with one attached hydrogen (secondary N) is 3. The zero-order valence-electron chi connectivity index (χ0n) is 17.5. The van der Waals surface area contributed by atoms with Crippen molar-refractivity contribution in [2.24, 2.45) is 0 Å². The van der Waals surface area contributed by atoms with Gasteiger partial charge in [-0.2, -0.15) is 18.2 Å². The number of sulfonamides is 1. The summed E-state index contributed by atoms with van der Waals surface area (Å²) >= 11 is 0. The van der Waals surface area contributed by atoms with E-state index in [0.717, 1.165) is 11.8 Å². The van der Waals surface area contributed by atoms with Crippen LogP contribution in [0.2, 0.25) is 0 Å². The van der Waals surface area contributed by atoms with Crippen LogP contribution in [0, 0.1) is 0 Å². The molecule has 2 heterocycles. The largest absolute Gasteiger partial charge is 0.421 e. The quantitative estimate of drug-likeness (QED) is 0.481. The molecule has 32 heavy (non-hydrogen) atoms. The van der Waals surface area contributed by atoms with Crippen LogP contribution in [0.1, 0.15) is 24.5 Å². The van der Waals surface area contributed by atoms with Crippen LogP contribution in [-0.2, 0) is 27.4 Å². The highest BCUT2D eigenvalue weighted by Gasteiger charge is 2.35. The lowest BCUT2D eigenvalue weighted by atomic mass is 10.1. The van der Waals surface area contributed by atoms with Crippen LogP contribution < -0.4 is 16.0 Å². The van der Waals surface area contributed by atoms with Crippen LogP contribution in [0.4, 0.5) is 36.3 Å². The summed E-state index contributed by atoms with van der Waals surface area (Å²) in [6.07, 6.45) is -2.42. The van der Waals surface area contributed by atoms with Gasteiger partial charge in [0.15, 0.2) is 0 Å². The van der Waals surface area contributed by atoms with E-state index < -0.39 is 27.6 Å². The first-order chi connectivity index (χ1) is 15.0. The summed E-state index contributed by atoms with van der Waals surface area (Å²) in [5.74, 6) is -0.685. The van der Waals surface area contributed by atoms with Crippen molar-refractivity contribution < 1.29 is 26.4 Å². The monoisotopic (exact) mass is 472 g/mol. The minimum absolute atomic E-state index is 0.0718. The second kappa shape index (κ2) is 9.28. The van der Waals surface area contributed by atoms with Gasteiger partial charge in [-0.3, -0.25) is 4.79 Å². The van der Waals surface area contributed by atoms with Crippen molar-refractivity contribution >= 4 is 39.1 Å². The molecule has 1 aromatic carbocycles. The molecule has 1 aromatic heterocycles. The third kappa shape index (κ3) is 5.65. The van der Waals surface area contributed by atoms with Crippen LogP contribution in [0.5, 0.6) is 0 Å². The van der Waals surface area contributed by atoms with Crippen molar-refractivity contribution in [3.63, 3.8) is 0 Å². The highest BCUT2D eigenvalue weighted by molar-refractivity contribution is 7.88. The molecule has 2 aromatic rings. The number of amides is 1. The molecular formula is C19H23F3N6O3S. The van der Waals surface area contributed by atoms with Gasteiger partial charge in [-0.1, -0.05) is 19.1 Å². The second-order valence-corrected chi connectivity index (χ2v) is 9.16. The highest BCUT2D eigenvalue weighted by Crippen LogP contribution is 2.36. The number of carbonyl (C=O) groups excluding carboxylic acids is 1. The smallest absolute Gasteiger partial charge is 0.369 e. The van der Waals surface area contributed by atoms with Gasteiger partial charge in [0.2, 0.25) is 21.9 Å². The Morgan fingerprint density at radius 2 is 2.03 bits per heavy atom. The lowest BCUT2D eigenvalue weighted by Crippen LogP contribution is -2.31. The molecule has 0 aliphatic carbocycles. The number of alkyl halides is 3. The predicted molar refractivity (Wildman–Crippen MR) is 114 cm³/mol. The molecule has 3 N–H and O–H groups in total. The normalized spacial score (nSPS) is 13.8. The Bertz CT molecular complexity index is 1110. The zero-order valence-corrected chi connectivity index (χ0v) is 18.3. The molecule has 1 aliphatic rings. The van der Waals surface area contributed by atoms with Crippen molar-refractivity contribution in [1.82, 2.24) is 14.3 Å². The van der Waals surface area contributed by atoms with E-state index in [-0.39, 0.29) is 44.3 Å². The molecule has 9 nitrogen and oxygen atoms in total. The Balaban J connectivity index is 1.76. The van der Waals surface area contributed by atoms with Crippen LogP contribution >= 0.6 is 0 Å². The topological polar surface area (TPSA) is 116 Å². The molecular weight excluding hydrogens is 449 g/mol. The fraction of sp³-hybridized carbons (Fsp3) is 0.421. The fourth-order valence-electron chi connectivity index (χ4n) is 3.28. The number of rotatable bonds is 9. The first-order valence-electron chi connectivity index (χ1n) is 9.81. The summed E-state index contributed by atoms with van der Waals surface area (Å²) in [5, 5.41) is 8.18. The second-order valence-electron chi connectivity index (χ2n) is 7.18. The van der Waals surface area contributed by atoms with E-state index in [0.29, 0.717) is 17.6 Å². The maximum atomic E-state index is 13.4. The Hall–Kier alpha value is -2.93. The molecule has 0 unspecified atom stereocenters. The molecule has 0 spiro atoms. The summed E-state index contributed by atoms with van der Waals surface area (Å²) in [6, 6.07) is 5.14. The van der Waals surface area contributed by atoms with Crippen LogP contribution in [0.15, 0.2) is 24.4 Å². The van der Waals surface area contributed by atoms with Crippen molar-refractivity contribution in [3.05, 3.63) is 35.5 Å². The Morgan fingerprint density at radius 3 is 2.69 bits per heavy atom. The van der Waals surface area contributed by atoms with E-state index in [4.69, 9.17) is 0 Å². The fourth-order valence-corrected chi connectivity index (χ4v) is 4.21. The van der Waals surface area contributed by atoms with E-state index in [2.05, 4.69) is 25.9 Å². The van der Waals surface area contributed by atoms with Crippen LogP contribution in [-0.4, -0.2) is 54.5 Å². The molecule has 0 radical (unpaired) electrons. The molecule has 3 rings (SSSR count). The number of hydrogen-bond acceptors (Lipinski definition) is 7. The van der Waals surface area contributed by atoms with Gasteiger partial charge in [-0.05, 0) is 18.1 Å². The molecule has 1 aliphatic heterocycles. The standard InChI is InChI=1S/C19H23F3N6O3S/c1-3-28(32(2,30)31)9-5-8-23-17-13(19(20,21)22)11-24-18(27-17)25-14-7-4-6-12-10-15(29)26-16(12)14/h4,6-7,11H,3,5,8-10H2,1-2H3,(H,26,29)(H2,23,24,25,27). The van der Waals surface area contributed by atoms with E-state index >= 15 is 0 Å². The molecule has 13 heteroatoms. The average Bonchev–Trinajstić information content (AvgIpc) is 3.07. The van der Waals surface area contributed by atoms with Crippen LogP contribution in [0.25, 0.3) is 0 Å². The van der Waals surface area contributed by atoms with E-state index in [1.807, 2.05) is 0 Å². The van der Waals surface area contributed by atoms with Gasteiger partial charge >= 0.3 is 6.18 Å². The van der Waals surface area contributed by atoms with Crippen molar-refractivity contribution in [2.45, 2.75) is 25.9 Å². The summed E-state index contributed by atoms with van der Waals surface area (Å²) in [4.78, 5) is 19.4. The number of carbonyl (C=O) groups is 1. The zero-order chi connectivity index (χ0) is 23.5. The Morgan fingerprint density at radius 1 is 1.28 bits per heavy atom. The highest BCUT2D eigenvalue weighted by atomic mass is 32.2. The number of halogens is 3. The van der Waals surface area contributed by atoms with E-state index in [1.165, 1.54) is 4.31 Å². The maximum Gasteiger partial charge on any atom is 0.421 e. The third-order valence-electron chi connectivity index (χ3n) is 4.81. The number of para-hydroxylation sites is 1. The number of fused-ring (bicyclic) bond motifs is 1. The molecule has 0 atom stereocenters. The van der Waals surface area contributed by atoms with E-state index in [9.17, 15) is 26.4 Å². The van der Waals surface area contributed by atoms with Gasteiger partial charge in [0, 0.05) is 25.8 Å². The Kier molecular flexibility index (Phi) is 6.88. The van der Waals surface area contributed by atoms with Gasteiger partial charge in [0.05, 0.1) is 24.1 Å². The molecule has 0 bridgehead atoms. The summed E-state index contributed by atoms with van der Waals surface area (Å²) in [6.45, 7) is 2.19. The predicted octanol–water partition coefficient (Wildman–Crippen LogP) is 2.82. The molecule has 1 amide bonds. The molecule has 174 valence electrons. The van der Waals surface area contributed by atoms with Gasteiger partial charge < -0.3 is 16.0 Å². The number of hydrogen-bond donors (Lipinski definition) is 3. The van der Waals surface area contributed by atoms with Gasteiger partial charge in [0.25, 0.3) is 0 Å².